The van der Waals surface area contributed by atoms with Gasteiger partial charge in [-0.2, -0.15) is 5.26 Å². The standard InChI is InChI=1S/C13H8ClFN2/c14-12-3-1-2-4-13(12)17-11-6-9(8-16)5-10(15)7-11/h1-7,17H. The molecule has 2 aromatic carbocycles. The summed E-state index contributed by atoms with van der Waals surface area (Å²) in [5.41, 5.74) is 1.43. The molecule has 0 aliphatic heterocycles. The first kappa shape index (κ1) is 11.4. The summed E-state index contributed by atoms with van der Waals surface area (Å²) in [6.45, 7) is 0. The molecule has 0 bridgehead atoms. The van der Waals surface area contributed by atoms with E-state index in [4.69, 9.17) is 16.9 Å². The van der Waals surface area contributed by atoms with Gasteiger partial charge in [0.15, 0.2) is 0 Å². The number of anilines is 2. The summed E-state index contributed by atoms with van der Waals surface area (Å²) < 4.78 is 13.2. The van der Waals surface area contributed by atoms with E-state index in [0.717, 1.165) is 0 Å². The third kappa shape index (κ3) is 2.74. The molecule has 0 heterocycles. The van der Waals surface area contributed by atoms with Gasteiger partial charge >= 0.3 is 0 Å². The van der Waals surface area contributed by atoms with Gasteiger partial charge in [0, 0.05) is 5.69 Å². The number of halogens is 2. The number of hydrogen-bond donors (Lipinski definition) is 1. The summed E-state index contributed by atoms with van der Waals surface area (Å²) in [5.74, 6) is -0.460. The van der Waals surface area contributed by atoms with Gasteiger partial charge in [-0.1, -0.05) is 23.7 Å². The first-order chi connectivity index (χ1) is 8.19. The number of hydrogen-bond acceptors (Lipinski definition) is 2. The van der Waals surface area contributed by atoms with Crippen LogP contribution >= 0.6 is 11.6 Å². The van der Waals surface area contributed by atoms with Crippen molar-refractivity contribution >= 4 is 23.0 Å². The van der Waals surface area contributed by atoms with Crippen LogP contribution in [0.4, 0.5) is 15.8 Å². The molecule has 0 saturated heterocycles. The van der Waals surface area contributed by atoms with E-state index in [2.05, 4.69) is 5.32 Å². The molecule has 2 rings (SSSR count). The molecular formula is C13H8ClFN2. The van der Waals surface area contributed by atoms with E-state index in [1.807, 2.05) is 12.1 Å². The topological polar surface area (TPSA) is 35.8 Å². The van der Waals surface area contributed by atoms with E-state index in [0.29, 0.717) is 16.4 Å². The van der Waals surface area contributed by atoms with E-state index >= 15 is 0 Å². The minimum absolute atomic E-state index is 0.263. The molecule has 17 heavy (non-hydrogen) atoms. The second-order valence-corrected chi connectivity index (χ2v) is 3.85. The van der Waals surface area contributed by atoms with Gasteiger partial charge in [-0.25, -0.2) is 4.39 Å². The maximum absolute atomic E-state index is 13.2. The van der Waals surface area contributed by atoms with Gasteiger partial charge in [0.05, 0.1) is 22.3 Å². The summed E-state index contributed by atoms with van der Waals surface area (Å²) >= 11 is 5.97. The molecule has 0 fully saturated rings. The Kier molecular flexibility index (Phi) is 3.27. The van der Waals surface area contributed by atoms with E-state index in [-0.39, 0.29) is 5.56 Å². The fourth-order valence-corrected chi connectivity index (χ4v) is 1.63. The second kappa shape index (κ2) is 4.86. The average molecular weight is 247 g/mol. The maximum atomic E-state index is 13.2. The third-order valence-electron chi connectivity index (χ3n) is 2.18. The van der Waals surface area contributed by atoms with E-state index in [1.165, 1.54) is 12.1 Å². The van der Waals surface area contributed by atoms with Crippen LogP contribution in [0.5, 0.6) is 0 Å². The largest absolute Gasteiger partial charge is 0.354 e. The van der Waals surface area contributed by atoms with Gasteiger partial charge in [0.25, 0.3) is 0 Å². The average Bonchev–Trinajstić information content (AvgIpc) is 2.31. The summed E-state index contributed by atoms with van der Waals surface area (Å²) in [7, 11) is 0. The first-order valence-electron chi connectivity index (χ1n) is 4.91. The normalized spacial score (nSPS) is 9.71. The monoisotopic (exact) mass is 246 g/mol. The first-order valence-corrected chi connectivity index (χ1v) is 5.29. The van der Waals surface area contributed by atoms with Crippen molar-refractivity contribution in [2.45, 2.75) is 0 Å². The van der Waals surface area contributed by atoms with Crippen molar-refractivity contribution in [2.75, 3.05) is 5.32 Å². The van der Waals surface area contributed by atoms with E-state index in [9.17, 15) is 4.39 Å². The SMILES string of the molecule is N#Cc1cc(F)cc(Nc2ccccc2Cl)c1. The molecular weight excluding hydrogens is 239 g/mol. The predicted octanol–water partition coefficient (Wildman–Crippen LogP) is 4.09. The van der Waals surface area contributed by atoms with Crippen LogP contribution in [0.25, 0.3) is 0 Å². The lowest BCUT2D eigenvalue weighted by Gasteiger charge is -2.08. The lowest BCUT2D eigenvalue weighted by atomic mass is 10.2. The Balaban J connectivity index is 2.34. The smallest absolute Gasteiger partial charge is 0.126 e. The number of benzene rings is 2. The Morgan fingerprint density at radius 3 is 2.65 bits per heavy atom. The Bertz CT molecular complexity index is 590. The van der Waals surface area contributed by atoms with Crippen LogP contribution in [-0.4, -0.2) is 0 Å². The van der Waals surface area contributed by atoms with E-state index < -0.39 is 5.82 Å². The van der Waals surface area contributed by atoms with Crippen LogP contribution < -0.4 is 5.32 Å². The highest BCUT2D eigenvalue weighted by molar-refractivity contribution is 6.33. The minimum atomic E-state index is -0.460. The highest BCUT2D eigenvalue weighted by Gasteiger charge is 2.03. The van der Waals surface area contributed by atoms with Crippen LogP contribution in [0.2, 0.25) is 5.02 Å². The zero-order chi connectivity index (χ0) is 12.3. The van der Waals surface area contributed by atoms with Crippen molar-refractivity contribution in [3.8, 4) is 6.07 Å². The number of rotatable bonds is 2. The lowest BCUT2D eigenvalue weighted by molar-refractivity contribution is 0.628. The van der Waals surface area contributed by atoms with Crippen LogP contribution in [0.3, 0.4) is 0 Å². The molecule has 0 spiro atoms. The summed E-state index contributed by atoms with van der Waals surface area (Å²) in [6.07, 6.45) is 0. The molecule has 2 nitrogen and oxygen atoms in total. The molecule has 0 aliphatic carbocycles. The lowest BCUT2D eigenvalue weighted by Crippen LogP contribution is -1.93. The summed E-state index contributed by atoms with van der Waals surface area (Å²) in [4.78, 5) is 0. The Labute approximate surface area is 103 Å². The van der Waals surface area contributed by atoms with Gasteiger partial charge in [-0.15, -0.1) is 0 Å². The predicted molar refractivity (Wildman–Crippen MR) is 65.8 cm³/mol. The molecule has 4 heteroatoms. The quantitative estimate of drug-likeness (QED) is 0.866. The molecule has 2 aromatic rings. The molecule has 0 saturated carbocycles. The van der Waals surface area contributed by atoms with Crippen LogP contribution in [0, 0.1) is 17.1 Å². The van der Waals surface area contributed by atoms with Gasteiger partial charge in [0.2, 0.25) is 0 Å². The number of nitrogens with one attached hydrogen (secondary N) is 1. The fourth-order valence-electron chi connectivity index (χ4n) is 1.44. The zero-order valence-corrected chi connectivity index (χ0v) is 9.50. The molecule has 0 aromatic heterocycles. The number of nitrogens with zero attached hydrogens (tertiary/aromatic N) is 1. The molecule has 0 unspecified atom stereocenters. The fraction of sp³-hybridized carbons (Fsp3) is 0. The number of nitriles is 1. The molecule has 0 aliphatic rings. The van der Waals surface area contributed by atoms with E-state index in [1.54, 1.807) is 24.3 Å². The maximum Gasteiger partial charge on any atom is 0.126 e. The third-order valence-corrected chi connectivity index (χ3v) is 2.51. The molecule has 0 atom stereocenters. The number of para-hydroxylation sites is 1. The molecule has 84 valence electrons. The van der Waals surface area contributed by atoms with Crippen molar-refractivity contribution in [1.29, 1.82) is 5.26 Å². The highest BCUT2D eigenvalue weighted by Crippen LogP contribution is 2.25. The molecule has 0 radical (unpaired) electrons. The van der Waals surface area contributed by atoms with Crippen molar-refractivity contribution < 1.29 is 4.39 Å². The Morgan fingerprint density at radius 2 is 1.94 bits per heavy atom. The van der Waals surface area contributed by atoms with Crippen molar-refractivity contribution in [1.82, 2.24) is 0 Å². The van der Waals surface area contributed by atoms with Crippen molar-refractivity contribution in [2.24, 2.45) is 0 Å². The van der Waals surface area contributed by atoms with Gasteiger partial charge in [-0.05, 0) is 30.3 Å². The summed E-state index contributed by atoms with van der Waals surface area (Å²) in [5, 5.41) is 12.2. The van der Waals surface area contributed by atoms with Gasteiger partial charge < -0.3 is 5.32 Å². The zero-order valence-electron chi connectivity index (χ0n) is 8.74. The minimum Gasteiger partial charge on any atom is -0.354 e. The summed E-state index contributed by atoms with van der Waals surface area (Å²) in [6, 6.07) is 13.1. The van der Waals surface area contributed by atoms with Crippen LogP contribution in [-0.2, 0) is 0 Å². The second-order valence-electron chi connectivity index (χ2n) is 3.45. The van der Waals surface area contributed by atoms with Gasteiger partial charge in [0.1, 0.15) is 5.82 Å². The Morgan fingerprint density at radius 1 is 1.18 bits per heavy atom. The van der Waals surface area contributed by atoms with Crippen molar-refractivity contribution in [3.05, 3.63) is 58.9 Å². The van der Waals surface area contributed by atoms with Crippen LogP contribution in [0.1, 0.15) is 5.56 Å². The Hall–Kier alpha value is -2.05. The highest BCUT2D eigenvalue weighted by atomic mass is 35.5. The molecule has 0 amide bonds. The van der Waals surface area contributed by atoms with Gasteiger partial charge in [-0.3, -0.25) is 0 Å². The van der Waals surface area contributed by atoms with Crippen molar-refractivity contribution in [3.63, 3.8) is 0 Å². The van der Waals surface area contributed by atoms with Crippen LogP contribution in [0.15, 0.2) is 42.5 Å². The molecule has 1 N–H and O–H groups in total.